The lowest BCUT2D eigenvalue weighted by molar-refractivity contribution is 0.0705. The monoisotopic (exact) mass is 287 g/mol. The molecule has 0 unspecified atom stereocenters. The van der Waals surface area contributed by atoms with Gasteiger partial charge in [-0.15, -0.1) is 0 Å². The van der Waals surface area contributed by atoms with Crippen LogP contribution in [-0.2, 0) is 0 Å². The van der Waals surface area contributed by atoms with Gasteiger partial charge in [0.05, 0.1) is 17.5 Å². The number of H-pyrrole nitrogens is 1. The first-order chi connectivity index (χ1) is 10.1. The number of aromatic amines is 1. The molecule has 1 N–H and O–H groups in total. The van der Waals surface area contributed by atoms with Crippen molar-refractivity contribution in [2.45, 2.75) is 25.7 Å². The van der Waals surface area contributed by atoms with E-state index in [0.717, 1.165) is 25.1 Å². The third-order valence-corrected chi connectivity index (χ3v) is 3.77. The van der Waals surface area contributed by atoms with Gasteiger partial charge in [0, 0.05) is 25.1 Å². The molecule has 0 aromatic carbocycles. The smallest absolute Gasteiger partial charge is 0.257 e. The highest BCUT2D eigenvalue weighted by Gasteiger charge is 2.27. The number of amides is 1. The van der Waals surface area contributed by atoms with Gasteiger partial charge in [-0.1, -0.05) is 0 Å². The molecular weight excluding hydrogens is 270 g/mol. The zero-order chi connectivity index (χ0) is 14.8. The van der Waals surface area contributed by atoms with Crippen LogP contribution in [0.1, 0.15) is 40.6 Å². The maximum atomic E-state index is 12.3. The molecule has 3 heterocycles. The van der Waals surface area contributed by atoms with Crippen LogP contribution in [0.5, 0.6) is 0 Å². The predicted molar refractivity (Wildman–Crippen MR) is 76.2 cm³/mol. The van der Waals surface area contributed by atoms with Crippen LogP contribution < -0.4 is 5.56 Å². The van der Waals surface area contributed by atoms with Crippen LogP contribution in [0.25, 0.3) is 0 Å². The van der Waals surface area contributed by atoms with Gasteiger partial charge in [0.15, 0.2) is 0 Å². The van der Waals surface area contributed by atoms with Crippen molar-refractivity contribution >= 4 is 5.91 Å². The molecule has 6 heteroatoms. The molecule has 21 heavy (non-hydrogen) atoms. The van der Waals surface area contributed by atoms with E-state index in [1.165, 1.54) is 18.6 Å². The van der Waals surface area contributed by atoms with E-state index in [1.54, 1.807) is 17.9 Å². The Hall–Kier alpha value is -2.37. The standard InChI is InChI=1S/C15H17N3O3/c1-10-16-13(7-14(19)17-10)11-3-2-5-18(8-11)15(20)12-4-6-21-9-12/h4,6-7,9,11H,2-3,5,8H2,1H3,(H,16,17,19)/t11-/m0/s1. The summed E-state index contributed by atoms with van der Waals surface area (Å²) in [7, 11) is 0. The second-order valence-corrected chi connectivity index (χ2v) is 5.36. The second-order valence-electron chi connectivity index (χ2n) is 5.36. The third kappa shape index (κ3) is 2.89. The normalized spacial score (nSPS) is 18.7. The highest BCUT2D eigenvalue weighted by Crippen LogP contribution is 2.26. The number of carbonyl (C=O) groups is 1. The summed E-state index contributed by atoms with van der Waals surface area (Å²) in [5.41, 5.74) is 1.18. The summed E-state index contributed by atoms with van der Waals surface area (Å²) in [6.45, 7) is 3.07. The van der Waals surface area contributed by atoms with Gasteiger partial charge in [0.1, 0.15) is 12.1 Å². The Morgan fingerprint density at radius 2 is 2.38 bits per heavy atom. The first-order valence-electron chi connectivity index (χ1n) is 7.03. The Labute approximate surface area is 121 Å². The van der Waals surface area contributed by atoms with Crippen LogP contribution in [0.2, 0.25) is 0 Å². The Morgan fingerprint density at radius 1 is 1.52 bits per heavy atom. The van der Waals surface area contributed by atoms with Gasteiger partial charge in [-0.05, 0) is 25.8 Å². The Bertz CT molecular complexity index is 690. The summed E-state index contributed by atoms with van der Waals surface area (Å²) in [6.07, 6.45) is 4.80. The van der Waals surface area contributed by atoms with Crippen molar-refractivity contribution in [1.29, 1.82) is 0 Å². The van der Waals surface area contributed by atoms with Crippen molar-refractivity contribution in [3.63, 3.8) is 0 Å². The van der Waals surface area contributed by atoms with Crippen molar-refractivity contribution in [1.82, 2.24) is 14.9 Å². The number of rotatable bonds is 2. The van der Waals surface area contributed by atoms with Gasteiger partial charge in [0.2, 0.25) is 0 Å². The molecule has 0 saturated carbocycles. The minimum absolute atomic E-state index is 0.0324. The number of furan rings is 1. The highest BCUT2D eigenvalue weighted by molar-refractivity contribution is 5.93. The molecule has 6 nitrogen and oxygen atoms in total. The average Bonchev–Trinajstić information content (AvgIpc) is 3.00. The number of likely N-dealkylation sites (tertiary alicyclic amines) is 1. The van der Waals surface area contributed by atoms with E-state index in [1.807, 2.05) is 0 Å². The second kappa shape index (κ2) is 5.55. The number of aromatic nitrogens is 2. The van der Waals surface area contributed by atoms with Crippen molar-refractivity contribution in [3.8, 4) is 0 Å². The fourth-order valence-corrected chi connectivity index (χ4v) is 2.78. The fraction of sp³-hybridized carbons (Fsp3) is 0.400. The van der Waals surface area contributed by atoms with Crippen LogP contribution in [0.3, 0.4) is 0 Å². The summed E-state index contributed by atoms with van der Waals surface area (Å²) in [5.74, 6) is 0.682. The zero-order valence-corrected chi connectivity index (χ0v) is 11.8. The van der Waals surface area contributed by atoms with Crippen molar-refractivity contribution in [2.75, 3.05) is 13.1 Å². The van der Waals surface area contributed by atoms with Gasteiger partial charge in [-0.3, -0.25) is 9.59 Å². The lowest BCUT2D eigenvalue weighted by Gasteiger charge is -2.32. The van der Waals surface area contributed by atoms with E-state index in [4.69, 9.17) is 4.42 Å². The Morgan fingerprint density at radius 3 is 3.10 bits per heavy atom. The van der Waals surface area contributed by atoms with Crippen LogP contribution >= 0.6 is 0 Å². The molecule has 1 aliphatic heterocycles. The zero-order valence-electron chi connectivity index (χ0n) is 11.8. The van der Waals surface area contributed by atoms with Crippen LogP contribution in [0.4, 0.5) is 0 Å². The number of aryl methyl sites for hydroxylation is 1. The Kier molecular flexibility index (Phi) is 3.60. The summed E-state index contributed by atoms with van der Waals surface area (Å²) in [6, 6.07) is 3.20. The molecule has 0 aliphatic carbocycles. The predicted octanol–water partition coefficient (Wildman–Crippen LogP) is 1.69. The van der Waals surface area contributed by atoms with Crippen molar-refractivity contribution in [3.05, 3.63) is 52.1 Å². The number of carbonyl (C=O) groups excluding carboxylic acids is 1. The SMILES string of the molecule is Cc1nc([C@H]2CCCN(C(=O)c3ccoc3)C2)cc(=O)[nH]1. The van der Waals surface area contributed by atoms with Gasteiger partial charge in [0.25, 0.3) is 11.5 Å². The average molecular weight is 287 g/mol. The molecule has 3 rings (SSSR count). The van der Waals surface area contributed by atoms with E-state index in [0.29, 0.717) is 17.9 Å². The fourth-order valence-electron chi connectivity index (χ4n) is 2.78. The maximum absolute atomic E-state index is 12.3. The molecule has 0 bridgehead atoms. The molecule has 0 spiro atoms. The molecule has 1 amide bonds. The number of nitrogens with one attached hydrogen (secondary N) is 1. The van der Waals surface area contributed by atoms with Crippen molar-refractivity contribution < 1.29 is 9.21 Å². The van der Waals surface area contributed by atoms with E-state index >= 15 is 0 Å². The number of piperidine rings is 1. The molecule has 1 saturated heterocycles. The maximum Gasteiger partial charge on any atom is 0.257 e. The number of hydrogen-bond donors (Lipinski definition) is 1. The highest BCUT2D eigenvalue weighted by atomic mass is 16.3. The molecule has 1 atom stereocenters. The molecule has 2 aromatic rings. The van der Waals surface area contributed by atoms with E-state index < -0.39 is 0 Å². The molecule has 2 aromatic heterocycles. The summed E-state index contributed by atoms with van der Waals surface area (Å²) in [5, 5.41) is 0. The topological polar surface area (TPSA) is 79.2 Å². The van der Waals surface area contributed by atoms with Gasteiger partial charge in [-0.25, -0.2) is 4.98 Å². The number of nitrogens with zero attached hydrogens (tertiary/aromatic N) is 2. The van der Waals surface area contributed by atoms with E-state index in [2.05, 4.69) is 9.97 Å². The van der Waals surface area contributed by atoms with E-state index in [9.17, 15) is 9.59 Å². The molecular formula is C15H17N3O3. The van der Waals surface area contributed by atoms with Gasteiger partial charge in [-0.2, -0.15) is 0 Å². The van der Waals surface area contributed by atoms with Crippen LogP contribution in [0.15, 0.2) is 33.9 Å². The molecule has 1 aliphatic rings. The quantitative estimate of drug-likeness (QED) is 0.911. The minimum atomic E-state index is -0.143. The Balaban J connectivity index is 1.79. The summed E-state index contributed by atoms with van der Waals surface area (Å²) in [4.78, 5) is 32.8. The van der Waals surface area contributed by atoms with Gasteiger partial charge < -0.3 is 14.3 Å². The third-order valence-electron chi connectivity index (χ3n) is 3.77. The number of hydrogen-bond acceptors (Lipinski definition) is 4. The minimum Gasteiger partial charge on any atom is -0.472 e. The molecule has 1 fully saturated rings. The molecule has 110 valence electrons. The molecule has 0 radical (unpaired) electrons. The summed E-state index contributed by atoms with van der Waals surface area (Å²) >= 11 is 0. The van der Waals surface area contributed by atoms with E-state index in [-0.39, 0.29) is 17.4 Å². The largest absolute Gasteiger partial charge is 0.472 e. The van der Waals surface area contributed by atoms with Crippen LogP contribution in [0, 0.1) is 6.92 Å². The van der Waals surface area contributed by atoms with Gasteiger partial charge >= 0.3 is 0 Å². The summed E-state index contributed by atoms with van der Waals surface area (Å²) < 4.78 is 4.96. The lowest BCUT2D eigenvalue weighted by atomic mass is 9.94. The van der Waals surface area contributed by atoms with Crippen LogP contribution in [-0.4, -0.2) is 33.9 Å². The first-order valence-corrected chi connectivity index (χ1v) is 7.03. The first kappa shape index (κ1) is 13.6. The van der Waals surface area contributed by atoms with Crippen molar-refractivity contribution in [2.24, 2.45) is 0 Å². The lowest BCUT2D eigenvalue weighted by Crippen LogP contribution is -2.39.